The van der Waals surface area contributed by atoms with Gasteiger partial charge in [0.1, 0.15) is 11.6 Å². The molecule has 2 heterocycles. The summed E-state index contributed by atoms with van der Waals surface area (Å²) < 4.78 is 15.3. The molecule has 6 heteroatoms. The van der Waals surface area contributed by atoms with Crippen LogP contribution in [-0.4, -0.2) is 29.5 Å². The highest BCUT2D eigenvalue weighted by atomic mass is 32.2. The van der Waals surface area contributed by atoms with Crippen LogP contribution in [0, 0.1) is 0 Å². The van der Waals surface area contributed by atoms with E-state index < -0.39 is 10.8 Å². The van der Waals surface area contributed by atoms with Gasteiger partial charge in [-0.25, -0.2) is 9.97 Å². The molecule has 0 spiro atoms. The molecule has 0 bridgehead atoms. The zero-order valence-electron chi connectivity index (χ0n) is 35.0. The molecule has 1 unspecified atom stereocenters. The van der Waals surface area contributed by atoms with Gasteiger partial charge in [0.05, 0.1) is 32.9 Å². The lowest BCUT2D eigenvalue weighted by Gasteiger charge is -2.20. The summed E-state index contributed by atoms with van der Waals surface area (Å²) in [6.07, 6.45) is 0. The summed E-state index contributed by atoms with van der Waals surface area (Å²) in [6.45, 7) is 1.97. The highest BCUT2D eigenvalue weighted by molar-refractivity contribution is 7.85. The van der Waals surface area contributed by atoms with Crippen LogP contribution in [-0.2, 0) is 10.8 Å². The van der Waals surface area contributed by atoms with Gasteiger partial charge >= 0.3 is 0 Å². The van der Waals surface area contributed by atoms with Crippen molar-refractivity contribution < 1.29 is 4.21 Å². The fourth-order valence-electron chi connectivity index (χ4n) is 9.44. The number of fused-ring (bicyclic) bond motifs is 5. The summed E-state index contributed by atoms with van der Waals surface area (Å²) in [4.78, 5) is 14.7. The number of hydrogen-bond donors (Lipinski definition) is 1. The van der Waals surface area contributed by atoms with Crippen LogP contribution < -0.4 is 0 Å². The molecule has 12 rings (SSSR count). The van der Waals surface area contributed by atoms with Crippen molar-refractivity contribution in [3.63, 3.8) is 0 Å². The Balaban J connectivity index is 1.13. The minimum atomic E-state index is -1.07. The first-order chi connectivity index (χ1) is 31.6. The van der Waals surface area contributed by atoms with E-state index in [1.165, 1.54) is 10.8 Å². The third-order valence-corrected chi connectivity index (χ3v) is 13.8. The highest BCUT2D eigenvalue weighted by Gasteiger charge is 2.21. The quantitative estimate of drug-likeness (QED) is 0.155. The SMILES string of the molecule is CCS(=O)c1cccc(-c2ccc3c(-c4ccc5ccccc5c4)c4cc(-c5nc6ccccc6[nH]5)ccc4c(-c4ccc(-c5nc6ccccc6n5-c5ccccc5)cc4)c3c2)c1. The third kappa shape index (κ3) is 6.42. The first-order valence-electron chi connectivity index (χ1n) is 21.7. The molecule has 1 N–H and O–H groups in total. The van der Waals surface area contributed by atoms with E-state index in [0.717, 1.165) is 110 Å². The number of nitrogens with zero attached hydrogens (tertiary/aromatic N) is 3. The van der Waals surface area contributed by atoms with E-state index in [9.17, 15) is 4.21 Å². The molecule has 304 valence electrons. The molecule has 12 aromatic rings. The van der Waals surface area contributed by atoms with E-state index in [1.807, 2.05) is 49.4 Å². The maximum atomic E-state index is 13.1. The Morgan fingerprint density at radius 2 is 1.09 bits per heavy atom. The summed E-state index contributed by atoms with van der Waals surface area (Å²) in [5.74, 6) is 2.29. The number of aromatic nitrogens is 4. The van der Waals surface area contributed by atoms with Crippen LogP contribution in [0.1, 0.15) is 6.92 Å². The third-order valence-electron chi connectivity index (χ3n) is 12.5. The molecule has 0 saturated heterocycles. The first kappa shape index (κ1) is 37.8. The van der Waals surface area contributed by atoms with Crippen LogP contribution in [0.4, 0.5) is 0 Å². The van der Waals surface area contributed by atoms with Gasteiger partial charge in [-0.3, -0.25) is 8.78 Å². The Bertz CT molecular complexity index is 3760. The molecular formula is C58H40N4OS. The molecule has 0 amide bonds. The van der Waals surface area contributed by atoms with Crippen molar-refractivity contribution in [2.75, 3.05) is 5.75 Å². The van der Waals surface area contributed by atoms with Gasteiger partial charge in [0.15, 0.2) is 0 Å². The second kappa shape index (κ2) is 15.5. The van der Waals surface area contributed by atoms with Crippen LogP contribution in [0.15, 0.2) is 211 Å². The number of benzene rings is 10. The van der Waals surface area contributed by atoms with Crippen molar-refractivity contribution in [1.82, 2.24) is 19.5 Å². The lowest BCUT2D eigenvalue weighted by molar-refractivity contribution is 0.684. The molecule has 0 aliphatic carbocycles. The van der Waals surface area contributed by atoms with E-state index in [2.05, 4.69) is 173 Å². The van der Waals surface area contributed by atoms with Crippen molar-refractivity contribution in [1.29, 1.82) is 0 Å². The first-order valence-corrected chi connectivity index (χ1v) is 23.0. The summed E-state index contributed by atoms with van der Waals surface area (Å²) in [6, 6.07) is 73.1. The molecule has 2 aromatic heterocycles. The minimum absolute atomic E-state index is 0.570. The zero-order valence-corrected chi connectivity index (χ0v) is 35.8. The van der Waals surface area contributed by atoms with E-state index in [0.29, 0.717) is 5.75 Å². The van der Waals surface area contributed by atoms with Crippen LogP contribution in [0.2, 0.25) is 0 Å². The molecule has 5 nitrogen and oxygen atoms in total. The predicted molar refractivity (Wildman–Crippen MR) is 267 cm³/mol. The number of hydrogen-bond acceptors (Lipinski definition) is 3. The zero-order chi connectivity index (χ0) is 42.7. The van der Waals surface area contributed by atoms with E-state index in [-0.39, 0.29) is 0 Å². The Labute approximate surface area is 372 Å². The molecule has 0 saturated carbocycles. The van der Waals surface area contributed by atoms with Crippen LogP contribution in [0.25, 0.3) is 116 Å². The monoisotopic (exact) mass is 840 g/mol. The largest absolute Gasteiger partial charge is 0.338 e. The van der Waals surface area contributed by atoms with Crippen molar-refractivity contribution in [3.05, 3.63) is 206 Å². The number of nitrogens with one attached hydrogen (secondary N) is 1. The normalized spacial score (nSPS) is 12.2. The Hall–Kier alpha value is -7.93. The van der Waals surface area contributed by atoms with Crippen LogP contribution >= 0.6 is 0 Å². The molecule has 0 fully saturated rings. The van der Waals surface area contributed by atoms with Gasteiger partial charge < -0.3 is 4.98 Å². The summed E-state index contributed by atoms with van der Waals surface area (Å²) >= 11 is 0. The Morgan fingerprint density at radius 3 is 1.89 bits per heavy atom. The smallest absolute Gasteiger partial charge is 0.145 e. The van der Waals surface area contributed by atoms with Gasteiger partial charge in [0.25, 0.3) is 0 Å². The van der Waals surface area contributed by atoms with Gasteiger partial charge in [-0.1, -0.05) is 146 Å². The Morgan fingerprint density at radius 1 is 0.469 bits per heavy atom. The number of aromatic amines is 1. The van der Waals surface area contributed by atoms with Crippen molar-refractivity contribution in [2.45, 2.75) is 11.8 Å². The van der Waals surface area contributed by atoms with Crippen LogP contribution in [0.3, 0.4) is 0 Å². The summed E-state index contributed by atoms with van der Waals surface area (Å²) in [5, 5.41) is 6.94. The van der Waals surface area contributed by atoms with Gasteiger partial charge in [0.2, 0.25) is 0 Å². The van der Waals surface area contributed by atoms with E-state index in [4.69, 9.17) is 9.97 Å². The molecule has 0 aliphatic rings. The molecule has 1 atom stereocenters. The predicted octanol–water partition coefficient (Wildman–Crippen LogP) is 14.8. The number of rotatable bonds is 8. The maximum absolute atomic E-state index is 13.1. The summed E-state index contributed by atoms with van der Waals surface area (Å²) in [7, 11) is -1.07. The van der Waals surface area contributed by atoms with Gasteiger partial charge in [-0.05, 0) is 132 Å². The van der Waals surface area contributed by atoms with E-state index in [1.54, 1.807) is 0 Å². The maximum Gasteiger partial charge on any atom is 0.145 e. The van der Waals surface area contributed by atoms with Crippen LogP contribution in [0.5, 0.6) is 0 Å². The number of H-pyrrole nitrogens is 1. The minimum Gasteiger partial charge on any atom is -0.338 e. The van der Waals surface area contributed by atoms with Gasteiger partial charge in [0, 0.05) is 27.5 Å². The number of para-hydroxylation sites is 5. The fraction of sp³-hybridized carbons (Fsp3) is 0.0345. The van der Waals surface area contributed by atoms with Crippen molar-refractivity contribution >= 4 is 65.2 Å². The lowest BCUT2D eigenvalue weighted by atomic mass is 9.83. The highest BCUT2D eigenvalue weighted by Crippen LogP contribution is 2.47. The van der Waals surface area contributed by atoms with Gasteiger partial charge in [-0.15, -0.1) is 0 Å². The van der Waals surface area contributed by atoms with Gasteiger partial charge in [-0.2, -0.15) is 0 Å². The Kier molecular flexibility index (Phi) is 9.13. The van der Waals surface area contributed by atoms with Crippen molar-refractivity contribution in [2.24, 2.45) is 0 Å². The molecule has 0 aliphatic heterocycles. The summed E-state index contributed by atoms with van der Waals surface area (Å²) in [5.41, 5.74) is 13.7. The molecule has 10 aromatic carbocycles. The molecule has 64 heavy (non-hydrogen) atoms. The molecule has 0 radical (unpaired) electrons. The number of imidazole rings is 2. The molecular weight excluding hydrogens is 801 g/mol. The average Bonchev–Trinajstić information content (AvgIpc) is 3.98. The lowest BCUT2D eigenvalue weighted by Crippen LogP contribution is -1.97. The fourth-order valence-corrected chi connectivity index (χ4v) is 10.3. The second-order valence-electron chi connectivity index (χ2n) is 16.3. The van der Waals surface area contributed by atoms with Crippen molar-refractivity contribution in [3.8, 4) is 61.8 Å². The topological polar surface area (TPSA) is 63.6 Å². The van der Waals surface area contributed by atoms with E-state index >= 15 is 0 Å². The second-order valence-corrected chi connectivity index (χ2v) is 18.0. The standard InChI is InChI=1S/C58H40N4OS/c1-2-64(63)46-18-12-15-41(34-46)42-29-31-48-49(35-42)55(38-24-26-39(27-25-38)58-61-53-21-10-11-22-54(53)62(58)45-16-4-3-5-17-45)47-32-30-44(57-59-51-19-8-9-20-52(51)60-57)36-50(47)56(48)43-28-23-37-13-6-7-14-40(37)33-43/h3-36H,2H2,1H3,(H,59,60). The average molecular weight is 841 g/mol.